The van der Waals surface area contributed by atoms with Crippen molar-refractivity contribution in [2.24, 2.45) is 0 Å². The second kappa shape index (κ2) is 4.64. The van der Waals surface area contributed by atoms with E-state index in [4.69, 9.17) is 16.9 Å². The lowest BCUT2D eigenvalue weighted by molar-refractivity contribution is 1.32. The van der Waals surface area contributed by atoms with Crippen LogP contribution in [-0.4, -0.2) is 9.97 Å². The van der Waals surface area contributed by atoms with Gasteiger partial charge in [-0.25, -0.2) is 4.98 Å². The Labute approximate surface area is 87.3 Å². The first kappa shape index (κ1) is 10.6. The molecule has 0 bridgehead atoms. The third kappa shape index (κ3) is 1.70. The molecule has 0 saturated heterocycles. The fourth-order valence-corrected chi connectivity index (χ4v) is 1.35. The van der Waals surface area contributed by atoms with Crippen LogP contribution in [0.5, 0.6) is 0 Å². The molecule has 0 aliphatic heterocycles. The normalized spacial score (nSPS) is 9.00. The van der Waals surface area contributed by atoms with Gasteiger partial charge in [0, 0.05) is 12.4 Å². The summed E-state index contributed by atoms with van der Waals surface area (Å²) in [6, 6.07) is 3.70. The van der Waals surface area contributed by atoms with Gasteiger partial charge in [0.2, 0.25) is 0 Å². The van der Waals surface area contributed by atoms with Crippen LogP contribution in [-0.2, 0) is 0 Å². The van der Waals surface area contributed by atoms with E-state index in [0.29, 0.717) is 21.6 Å². The maximum Gasteiger partial charge on any atom is 0.140 e. The zero-order chi connectivity index (χ0) is 10.6. The lowest BCUT2D eigenvalue weighted by Gasteiger charge is -1.91. The summed E-state index contributed by atoms with van der Waals surface area (Å²) < 4.78 is 0. The maximum atomic E-state index is 8.69. The van der Waals surface area contributed by atoms with Crippen LogP contribution in [0.2, 0.25) is 5.02 Å². The van der Waals surface area contributed by atoms with Gasteiger partial charge in [0.1, 0.15) is 11.7 Å². The minimum atomic E-state index is 0.531. The second-order valence-corrected chi connectivity index (χ2v) is 2.74. The molecule has 2 aromatic heterocycles. The van der Waals surface area contributed by atoms with E-state index in [1.54, 1.807) is 18.5 Å². The summed E-state index contributed by atoms with van der Waals surface area (Å²) in [6.45, 7) is 4.00. The van der Waals surface area contributed by atoms with E-state index in [-0.39, 0.29) is 0 Å². The van der Waals surface area contributed by atoms with Crippen LogP contribution in [0, 0.1) is 11.3 Å². The van der Waals surface area contributed by atoms with Crippen molar-refractivity contribution < 1.29 is 0 Å². The summed E-state index contributed by atoms with van der Waals surface area (Å²) in [6.07, 6.45) is 3.20. The van der Waals surface area contributed by atoms with Crippen molar-refractivity contribution in [2.75, 3.05) is 0 Å². The van der Waals surface area contributed by atoms with Crippen molar-refractivity contribution >= 4 is 22.6 Å². The molecular weight excluding hydrogens is 198 g/mol. The number of pyridine rings is 1. The molecule has 2 aromatic rings. The smallest absolute Gasteiger partial charge is 0.140 e. The standard InChI is InChI=1S/C8H4ClN3.C2H6/c9-6-1-2-11-8-7(6)5(3-10)4-12-8;1-2/h1-2,4H,(H,11,12);1-2H3. The first-order valence-electron chi connectivity index (χ1n) is 4.34. The molecule has 0 aromatic carbocycles. The number of rotatable bonds is 0. The highest BCUT2D eigenvalue weighted by molar-refractivity contribution is 6.35. The zero-order valence-corrected chi connectivity index (χ0v) is 8.76. The zero-order valence-electron chi connectivity index (χ0n) is 8.00. The Kier molecular flexibility index (Phi) is 3.49. The van der Waals surface area contributed by atoms with E-state index in [0.717, 1.165) is 0 Å². The summed E-state index contributed by atoms with van der Waals surface area (Å²) in [5, 5.41) is 9.94. The number of hydrogen-bond acceptors (Lipinski definition) is 2. The topological polar surface area (TPSA) is 52.5 Å². The number of aromatic nitrogens is 2. The van der Waals surface area contributed by atoms with Crippen molar-refractivity contribution in [3.8, 4) is 6.07 Å². The molecular formula is C10H10ClN3. The predicted molar refractivity (Wildman–Crippen MR) is 57.2 cm³/mol. The van der Waals surface area contributed by atoms with E-state index in [1.165, 1.54) is 0 Å². The molecule has 1 N–H and O–H groups in total. The Morgan fingerprint density at radius 3 is 2.86 bits per heavy atom. The van der Waals surface area contributed by atoms with Gasteiger partial charge < -0.3 is 4.98 Å². The van der Waals surface area contributed by atoms with Crippen LogP contribution in [0.25, 0.3) is 11.0 Å². The molecule has 0 atom stereocenters. The van der Waals surface area contributed by atoms with Gasteiger partial charge >= 0.3 is 0 Å². The first-order chi connectivity index (χ1) is 6.83. The van der Waals surface area contributed by atoms with E-state index >= 15 is 0 Å². The summed E-state index contributed by atoms with van der Waals surface area (Å²) in [5.41, 5.74) is 1.18. The Balaban J connectivity index is 0.000000461. The molecule has 0 spiro atoms. The molecule has 0 fully saturated rings. The average Bonchev–Trinajstić information content (AvgIpc) is 2.65. The molecule has 14 heavy (non-hydrogen) atoms. The minimum Gasteiger partial charge on any atom is -0.345 e. The summed E-state index contributed by atoms with van der Waals surface area (Å²) in [7, 11) is 0. The molecule has 0 radical (unpaired) electrons. The summed E-state index contributed by atoms with van der Waals surface area (Å²) >= 11 is 5.87. The van der Waals surface area contributed by atoms with Gasteiger partial charge in [0.25, 0.3) is 0 Å². The van der Waals surface area contributed by atoms with Crippen molar-refractivity contribution in [1.29, 1.82) is 5.26 Å². The van der Waals surface area contributed by atoms with Crippen molar-refractivity contribution in [3.05, 3.63) is 29.0 Å². The third-order valence-corrected chi connectivity index (χ3v) is 1.96. The number of fused-ring (bicyclic) bond motifs is 1. The second-order valence-electron chi connectivity index (χ2n) is 2.33. The van der Waals surface area contributed by atoms with Crippen LogP contribution < -0.4 is 0 Å². The van der Waals surface area contributed by atoms with Gasteiger partial charge in [-0.1, -0.05) is 25.4 Å². The van der Waals surface area contributed by atoms with Crippen LogP contribution in [0.3, 0.4) is 0 Å². The van der Waals surface area contributed by atoms with E-state index in [1.807, 2.05) is 19.9 Å². The molecule has 0 unspecified atom stereocenters. The van der Waals surface area contributed by atoms with Gasteiger partial charge in [-0.05, 0) is 6.07 Å². The van der Waals surface area contributed by atoms with Crippen molar-refractivity contribution in [1.82, 2.24) is 9.97 Å². The molecule has 2 heterocycles. The molecule has 72 valence electrons. The maximum absolute atomic E-state index is 8.69. The molecule has 2 rings (SSSR count). The first-order valence-corrected chi connectivity index (χ1v) is 4.72. The number of halogens is 1. The molecule has 0 aliphatic carbocycles. The molecule has 0 aliphatic rings. The molecule has 3 nitrogen and oxygen atoms in total. The highest BCUT2D eigenvalue weighted by atomic mass is 35.5. The Bertz CT molecular complexity index is 468. The van der Waals surface area contributed by atoms with Crippen LogP contribution in [0.15, 0.2) is 18.5 Å². The Hall–Kier alpha value is -1.53. The fourth-order valence-electron chi connectivity index (χ4n) is 1.10. The largest absolute Gasteiger partial charge is 0.345 e. The SMILES string of the molecule is CC.N#Cc1c[nH]c2nccc(Cl)c12. The third-order valence-electron chi connectivity index (χ3n) is 1.64. The number of nitrogens with zero attached hydrogens (tertiary/aromatic N) is 2. The van der Waals surface area contributed by atoms with Crippen molar-refractivity contribution in [3.63, 3.8) is 0 Å². The summed E-state index contributed by atoms with van der Waals surface area (Å²) in [5.74, 6) is 0. The lowest BCUT2D eigenvalue weighted by Crippen LogP contribution is -1.76. The van der Waals surface area contributed by atoms with E-state index < -0.39 is 0 Å². The number of nitriles is 1. The number of aromatic amines is 1. The monoisotopic (exact) mass is 207 g/mol. The van der Waals surface area contributed by atoms with Gasteiger partial charge in [0.05, 0.1) is 16.0 Å². The van der Waals surface area contributed by atoms with Gasteiger partial charge in [-0.2, -0.15) is 5.26 Å². The number of nitrogens with one attached hydrogen (secondary N) is 1. The van der Waals surface area contributed by atoms with Crippen LogP contribution in [0.4, 0.5) is 0 Å². The predicted octanol–water partition coefficient (Wildman–Crippen LogP) is 3.11. The van der Waals surface area contributed by atoms with Crippen LogP contribution in [0.1, 0.15) is 19.4 Å². The van der Waals surface area contributed by atoms with Crippen LogP contribution >= 0.6 is 11.6 Å². The lowest BCUT2D eigenvalue weighted by atomic mass is 10.2. The van der Waals surface area contributed by atoms with E-state index in [2.05, 4.69) is 9.97 Å². The fraction of sp³-hybridized carbons (Fsp3) is 0.200. The number of H-pyrrole nitrogens is 1. The van der Waals surface area contributed by atoms with Gasteiger partial charge in [-0.15, -0.1) is 0 Å². The van der Waals surface area contributed by atoms with Gasteiger partial charge in [0.15, 0.2) is 0 Å². The average molecular weight is 208 g/mol. The number of hydrogen-bond donors (Lipinski definition) is 1. The summed E-state index contributed by atoms with van der Waals surface area (Å²) in [4.78, 5) is 6.88. The Morgan fingerprint density at radius 2 is 2.21 bits per heavy atom. The Morgan fingerprint density at radius 1 is 1.50 bits per heavy atom. The quantitative estimate of drug-likeness (QED) is 0.722. The minimum absolute atomic E-state index is 0.531. The van der Waals surface area contributed by atoms with E-state index in [9.17, 15) is 0 Å². The molecule has 0 amide bonds. The molecule has 0 saturated carbocycles. The van der Waals surface area contributed by atoms with Gasteiger partial charge in [-0.3, -0.25) is 0 Å². The highest BCUT2D eigenvalue weighted by Gasteiger charge is 2.06. The highest BCUT2D eigenvalue weighted by Crippen LogP contribution is 2.23. The van der Waals surface area contributed by atoms with Crippen molar-refractivity contribution in [2.45, 2.75) is 13.8 Å². The molecule has 4 heteroatoms.